The number of hydrogen-bond acceptors (Lipinski definition) is 4. The first-order chi connectivity index (χ1) is 8.26. The summed E-state index contributed by atoms with van der Waals surface area (Å²) in [4.78, 5) is 0. The van der Waals surface area contributed by atoms with Crippen LogP contribution in [0.1, 0.15) is 40.0 Å². The lowest BCUT2D eigenvalue weighted by molar-refractivity contribution is 0.287. The van der Waals surface area contributed by atoms with Gasteiger partial charge in [0.15, 0.2) is 0 Å². The van der Waals surface area contributed by atoms with Gasteiger partial charge in [-0.05, 0) is 31.2 Å². The Balaban J connectivity index is 2.48. The molecule has 2 unspecified atom stereocenters. The Morgan fingerprint density at radius 1 is 1.39 bits per heavy atom. The molecule has 0 aromatic heterocycles. The standard InChI is InChI=1S/C13H27NO2S2/c1-5-8-14-12-11(6-7-13(12,2)3)17-9-10-18(4,15)16/h11-12,14H,5-10H2,1-4H3. The van der Waals surface area contributed by atoms with Gasteiger partial charge >= 0.3 is 0 Å². The Hall–Kier alpha value is 0.260. The predicted molar refractivity (Wildman–Crippen MR) is 81.1 cm³/mol. The van der Waals surface area contributed by atoms with Gasteiger partial charge in [-0.25, -0.2) is 8.42 Å². The fourth-order valence-corrected chi connectivity index (χ4v) is 5.42. The number of hydrogen-bond donors (Lipinski definition) is 1. The van der Waals surface area contributed by atoms with Crippen molar-refractivity contribution in [1.82, 2.24) is 5.32 Å². The minimum Gasteiger partial charge on any atom is -0.312 e. The lowest BCUT2D eigenvalue weighted by Crippen LogP contribution is -2.44. The molecule has 18 heavy (non-hydrogen) atoms. The lowest BCUT2D eigenvalue weighted by atomic mass is 9.87. The average molecular weight is 293 g/mol. The molecule has 3 nitrogen and oxygen atoms in total. The van der Waals surface area contributed by atoms with Crippen molar-refractivity contribution >= 4 is 21.6 Å². The highest BCUT2D eigenvalue weighted by Crippen LogP contribution is 2.42. The molecule has 0 aromatic rings. The largest absolute Gasteiger partial charge is 0.312 e. The van der Waals surface area contributed by atoms with Crippen LogP contribution < -0.4 is 5.32 Å². The maximum absolute atomic E-state index is 11.2. The smallest absolute Gasteiger partial charge is 0.148 e. The molecule has 1 aliphatic carbocycles. The zero-order valence-electron chi connectivity index (χ0n) is 12.0. The van der Waals surface area contributed by atoms with E-state index in [1.165, 1.54) is 19.1 Å². The van der Waals surface area contributed by atoms with E-state index < -0.39 is 9.84 Å². The van der Waals surface area contributed by atoms with Gasteiger partial charge in [-0.3, -0.25) is 0 Å². The molecule has 108 valence electrons. The second-order valence-electron chi connectivity index (χ2n) is 6.00. The van der Waals surface area contributed by atoms with E-state index in [4.69, 9.17) is 0 Å². The van der Waals surface area contributed by atoms with Crippen molar-refractivity contribution in [3.05, 3.63) is 0 Å². The van der Waals surface area contributed by atoms with Crippen LogP contribution in [0.15, 0.2) is 0 Å². The van der Waals surface area contributed by atoms with E-state index in [1.54, 1.807) is 0 Å². The Labute approximate surface area is 116 Å². The topological polar surface area (TPSA) is 46.2 Å². The molecule has 1 N–H and O–H groups in total. The highest BCUT2D eigenvalue weighted by atomic mass is 32.2. The molecule has 0 amide bonds. The van der Waals surface area contributed by atoms with Crippen LogP contribution in [0.25, 0.3) is 0 Å². The van der Waals surface area contributed by atoms with E-state index in [0.717, 1.165) is 18.7 Å². The summed E-state index contributed by atoms with van der Waals surface area (Å²) in [7, 11) is -2.82. The Morgan fingerprint density at radius 3 is 2.61 bits per heavy atom. The van der Waals surface area contributed by atoms with Crippen LogP contribution in [-0.2, 0) is 9.84 Å². The minimum absolute atomic E-state index is 0.301. The first-order valence-corrected chi connectivity index (χ1v) is 9.90. The lowest BCUT2D eigenvalue weighted by Gasteiger charge is -2.31. The van der Waals surface area contributed by atoms with Crippen molar-refractivity contribution in [3.8, 4) is 0 Å². The van der Waals surface area contributed by atoms with Crippen LogP contribution in [0.2, 0.25) is 0 Å². The predicted octanol–water partition coefficient (Wildman–Crippen LogP) is 2.32. The van der Waals surface area contributed by atoms with Crippen LogP contribution in [0.3, 0.4) is 0 Å². The van der Waals surface area contributed by atoms with Gasteiger partial charge in [0.1, 0.15) is 9.84 Å². The minimum atomic E-state index is -2.82. The molecule has 0 saturated heterocycles. The highest BCUT2D eigenvalue weighted by molar-refractivity contribution is 8.01. The van der Waals surface area contributed by atoms with Gasteiger partial charge in [-0.1, -0.05) is 20.8 Å². The van der Waals surface area contributed by atoms with E-state index in [9.17, 15) is 8.42 Å². The van der Waals surface area contributed by atoms with E-state index >= 15 is 0 Å². The molecule has 1 rings (SSSR count). The van der Waals surface area contributed by atoms with Crippen molar-refractivity contribution in [1.29, 1.82) is 0 Å². The SMILES string of the molecule is CCCNC1C(SCCS(C)(=O)=O)CCC1(C)C. The van der Waals surface area contributed by atoms with Crippen molar-refractivity contribution in [2.75, 3.05) is 24.3 Å². The summed E-state index contributed by atoms with van der Waals surface area (Å²) in [6.07, 6.45) is 4.89. The second kappa shape index (κ2) is 6.62. The maximum Gasteiger partial charge on any atom is 0.148 e. The van der Waals surface area contributed by atoms with E-state index in [1.807, 2.05) is 11.8 Å². The van der Waals surface area contributed by atoms with Crippen molar-refractivity contribution in [2.24, 2.45) is 5.41 Å². The average Bonchev–Trinajstić information content (AvgIpc) is 2.50. The summed E-state index contributed by atoms with van der Waals surface area (Å²) in [6, 6.07) is 0.516. The van der Waals surface area contributed by atoms with Crippen molar-refractivity contribution in [2.45, 2.75) is 51.3 Å². The fraction of sp³-hybridized carbons (Fsp3) is 1.00. The monoisotopic (exact) mass is 293 g/mol. The number of rotatable bonds is 7. The molecular weight excluding hydrogens is 266 g/mol. The number of nitrogens with one attached hydrogen (secondary N) is 1. The van der Waals surface area contributed by atoms with Crippen molar-refractivity contribution < 1.29 is 8.42 Å². The fourth-order valence-electron chi connectivity index (χ4n) is 2.58. The normalized spacial score (nSPS) is 27.6. The van der Waals surface area contributed by atoms with Crippen LogP contribution in [-0.4, -0.2) is 44.0 Å². The summed E-state index contributed by atoms with van der Waals surface area (Å²) in [5.41, 5.74) is 0.331. The first kappa shape index (κ1) is 16.3. The molecule has 0 aromatic carbocycles. The van der Waals surface area contributed by atoms with Gasteiger partial charge in [0.2, 0.25) is 0 Å². The van der Waals surface area contributed by atoms with Crippen LogP contribution in [0.5, 0.6) is 0 Å². The van der Waals surface area contributed by atoms with Crippen LogP contribution in [0.4, 0.5) is 0 Å². The third-order valence-corrected chi connectivity index (χ3v) is 6.27. The van der Waals surface area contributed by atoms with Gasteiger partial charge in [0.05, 0.1) is 5.75 Å². The van der Waals surface area contributed by atoms with Gasteiger partial charge < -0.3 is 5.32 Å². The summed E-state index contributed by atoms with van der Waals surface area (Å²) >= 11 is 1.83. The quantitative estimate of drug-likeness (QED) is 0.782. The number of thioether (sulfide) groups is 1. The first-order valence-electron chi connectivity index (χ1n) is 6.79. The van der Waals surface area contributed by atoms with E-state index in [0.29, 0.717) is 22.5 Å². The molecule has 2 atom stereocenters. The van der Waals surface area contributed by atoms with Gasteiger partial charge in [0.25, 0.3) is 0 Å². The summed E-state index contributed by atoms with van der Waals surface area (Å²) in [5, 5.41) is 4.21. The molecule has 1 aliphatic rings. The van der Waals surface area contributed by atoms with Gasteiger partial charge in [-0.15, -0.1) is 0 Å². The molecule has 1 fully saturated rings. The van der Waals surface area contributed by atoms with Crippen LogP contribution in [0, 0.1) is 5.41 Å². The molecule has 1 saturated carbocycles. The Bertz CT molecular complexity index is 352. The molecule has 0 spiro atoms. The zero-order chi connectivity index (χ0) is 13.8. The summed E-state index contributed by atoms with van der Waals surface area (Å²) < 4.78 is 22.3. The van der Waals surface area contributed by atoms with Gasteiger partial charge in [0, 0.05) is 23.3 Å². The molecule has 0 radical (unpaired) electrons. The Morgan fingerprint density at radius 2 is 2.06 bits per heavy atom. The molecule has 0 heterocycles. The third kappa shape index (κ3) is 5.10. The van der Waals surface area contributed by atoms with E-state index in [2.05, 4.69) is 26.1 Å². The van der Waals surface area contributed by atoms with E-state index in [-0.39, 0.29) is 0 Å². The Kier molecular flexibility index (Phi) is 6.00. The molecule has 0 bridgehead atoms. The van der Waals surface area contributed by atoms with Crippen LogP contribution >= 0.6 is 11.8 Å². The molecule has 0 aliphatic heterocycles. The summed E-state index contributed by atoms with van der Waals surface area (Å²) in [5.74, 6) is 1.03. The third-order valence-electron chi connectivity index (χ3n) is 3.69. The second-order valence-corrected chi connectivity index (χ2v) is 9.61. The molecular formula is C13H27NO2S2. The maximum atomic E-state index is 11.2. The number of sulfone groups is 1. The molecule has 5 heteroatoms. The van der Waals surface area contributed by atoms with Gasteiger partial charge in [-0.2, -0.15) is 11.8 Å². The van der Waals surface area contributed by atoms with Crippen molar-refractivity contribution in [3.63, 3.8) is 0 Å². The zero-order valence-corrected chi connectivity index (χ0v) is 13.7. The highest BCUT2D eigenvalue weighted by Gasteiger charge is 2.41. The summed E-state index contributed by atoms with van der Waals surface area (Å²) in [6.45, 7) is 7.87.